The smallest absolute Gasteiger partial charge is 0.124 e. The maximum absolute atomic E-state index is 9.88. The third kappa shape index (κ3) is 1.52. The Balaban J connectivity index is 2.29. The Bertz CT molecular complexity index is 689. The van der Waals surface area contributed by atoms with Crippen LogP contribution in [-0.2, 0) is 0 Å². The summed E-state index contributed by atoms with van der Waals surface area (Å²) < 4.78 is 0. The number of aromatic hydroxyl groups is 1. The van der Waals surface area contributed by atoms with Gasteiger partial charge in [0.15, 0.2) is 0 Å². The standard InChI is InChI=1S/C15H14N2O/c1-9-6-7-12(16)11-8-13(17-15(9)11)10-4-2-3-5-14(10)18/h2-8,17-18H,16H2,1H3. The van der Waals surface area contributed by atoms with Crippen LogP contribution >= 0.6 is 0 Å². The van der Waals surface area contributed by atoms with Gasteiger partial charge in [0.25, 0.3) is 0 Å². The fraction of sp³-hybridized carbons (Fsp3) is 0.0667. The van der Waals surface area contributed by atoms with Crippen LogP contribution in [0, 0.1) is 6.92 Å². The molecule has 4 N–H and O–H groups in total. The van der Waals surface area contributed by atoms with E-state index in [1.807, 2.05) is 37.3 Å². The molecule has 0 spiro atoms. The molecule has 18 heavy (non-hydrogen) atoms. The van der Waals surface area contributed by atoms with Crippen molar-refractivity contribution < 1.29 is 5.11 Å². The van der Waals surface area contributed by atoms with Crippen molar-refractivity contribution in [3.63, 3.8) is 0 Å². The minimum atomic E-state index is 0.264. The average Bonchev–Trinajstić information content (AvgIpc) is 2.80. The number of phenols is 1. The number of fused-ring (bicyclic) bond motifs is 1. The molecular weight excluding hydrogens is 224 g/mol. The molecule has 0 aliphatic carbocycles. The van der Waals surface area contributed by atoms with Crippen LogP contribution < -0.4 is 5.73 Å². The number of rotatable bonds is 1. The molecule has 2 aromatic carbocycles. The lowest BCUT2D eigenvalue weighted by Crippen LogP contribution is -1.86. The monoisotopic (exact) mass is 238 g/mol. The van der Waals surface area contributed by atoms with Crippen LogP contribution in [0.2, 0.25) is 0 Å². The van der Waals surface area contributed by atoms with Gasteiger partial charge in [0.05, 0.1) is 11.2 Å². The second kappa shape index (κ2) is 3.81. The van der Waals surface area contributed by atoms with E-state index in [9.17, 15) is 5.11 Å². The number of hydrogen-bond donors (Lipinski definition) is 3. The van der Waals surface area contributed by atoms with Gasteiger partial charge in [-0.25, -0.2) is 0 Å². The quantitative estimate of drug-likeness (QED) is 0.569. The van der Waals surface area contributed by atoms with E-state index in [1.54, 1.807) is 12.1 Å². The van der Waals surface area contributed by atoms with E-state index >= 15 is 0 Å². The van der Waals surface area contributed by atoms with E-state index in [0.29, 0.717) is 0 Å². The fourth-order valence-electron chi connectivity index (χ4n) is 2.23. The zero-order valence-corrected chi connectivity index (χ0v) is 10.1. The number of hydrogen-bond acceptors (Lipinski definition) is 2. The number of nitrogens with two attached hydrogens (primary N) is 1. The number of anilines is 1. The predicted octanol–water partition coefficient (Wildman–Crippen LogP) is 3.43. The van der Waals surface area contributed by atoms with Crippen molar-refractivity contribution >= 4 is 16.6 Å². The Morgan fingerprint density at radius 3 is 2.61 bits per heavy atom. The van der Waals surface area contributed by atoms with E-state index in [0.717, 1.165) is 33.4 Å². The number of aromatic amines is 1. The summed E-state index contributed by atoms with van der Waals surface area (Å²) in [7, 11) is 0. The maximum Gasteiger partial charge on any atom is 0.124 e. The van der Waals surface area contributed by atoms with Crippen molar-refractivity contribution in [1.29, 1.82) is 0 Å². The molecule has 0 saturated heterocycles. The second-order valence-electron chi connectivity index (χ2n) is 4.46. The summed E-state index contributed by atoms with van der Waals surface area (Å²) >= 11 is 0. The molecule has 0 saturated carbocycles. The van der Waals surface area contributed by atoms with Gasteiger partial charge in [-0.3, -0.25) is 0 Å². The molecule has 1 aromatic heterocycles. The molecule has 0 amide bonds. The first-order chi connectivity index (χ1) is 8.66. The van der Waals surface area contributed by atoms with Crippen molar-refractivity contribution in [3.05, 3.63) is 48.0 Å². The fourth-order valence-corrected chi connectivity index (χ4v) is 2.23. The van der Waals surface area contributed by atoms with Crippen molar-refractivity contribution in [2.24, 2.45) is 0 Å². The number of benzene rings is 2. The molecule has 90 valence electrons. The van der Waals surface area contributed by atoms with Crippen LogP contribution in [0.1, 0.15) is 5.56 Å². The van der Waals surface area contributed by atoms with Gasteiger partial charge >= 0.3 is 0 Å². The van der Waals surface area contributed by atoms with E-state index in [1.165, 1.54) is 0 Å². The van der Waals surface area contributed by atoms with Gasteiger partial charge in [-0.1, -0.05) is 18.2 Å². The van der Waals surface area contributed by atoms with Gasteiger partial charge in [0, 0.05) is 16.6 Å². The van der Waals surface area contributed by atoms with Gasteiger partial charge in [-0.2, -0.15) is 0 Å². The average molecular weight is 238 g/mol. The highest BCUT2D eigenvalue weighted by molar-refractivity contribution is 5.97. The summed E-state index contributed by atoms with van der Waals surface area (Å²) in [5.74, 6) is 0.264. The number of nitrogen functional groups attached to an aromatic ring is 1. The molecule has 1 heterocycles. The molecule has 3 nitrogen and oxygen atoms in total. The first-order valence-corrected chi connectivity index (χ1v) is 5.83. The Morgan fingerprint density at radius 1 is 1.11 bits per heavy atom. The molecule has 0 fully saturated rings. The Morgan fingerprint density at radius 2 is 1.89 bits per heavy atom. The van der Waals surface area contributed by atoms with Crippen LogP contribution in [0.4, 0.5) is 5.69 Å². The molecule has 0 bridgehead atoms. The second-order valence-corrected chi connectivity index (χ2v) is 4.46. The summed E-state index contributed by atoms with van der Waals surface area (Å²) in [5.41, 5.74) is 10.5. The minimum absolute atomic E-state index is 0.264. The largest absolute Gasteiger partial charge is 0.507 e. The van der Waals surface area contributed by atoms with E-state index in [4.69, 9.17) is 5.73 Å². The van der Waals surface area contributed by atoms with Crippen molar-refractivity contribution in [1.82, 2.24) is 4.98 Å². The Hall–Kier alpha value is -2.42. The van der Waals surface area contributed by atoms with Crippen molar-refractivity contribution in [2.45, 2.75) is 6.92 Å². The third-order valence-corrected chi connectivity index (χ3v) is 3.23. The Labute approximate surface area is 105 Å². The van der Waals surface area contributed by atoms with E-state index in [-0.39, 0.29) is 5.75 Å². The molecule has 0 unspecified atom stereocenters. The first-order valence-electron chi connectivity index (χ1n) is 5.83. The first kappa shape index (κ1) is 10.7. The van der Waals surface area contributed by atoms with Crippen LogP contribution in [0.25, 0.3) is 22.2 Å². The minimum Gasteiger partial charge on any atom is -0.507 e. The van der Waals surface area contributed by atoms with Crippen molar-refractivity contribution in [2.75, 3.05) is 5.73 Å². The summed E-state index contributed by atoms with van der Waals surface area (Å²) in [5, 5.41) is 10.9. The normalized spacial score (nSPS) is 10.9. The molecular formula is C15H14N2O. The Kier molecular flexibility index (Phi) is 2.27. The summed E-state index contributed by atoms with van der Waals surface area (Å²) in [4.78, 5) is 3.32. The third-order valence-electron chi connectivity index (χ3n) is 3.23. The lowest BCUT2D eigenvalue weighted by atomic mass is 10.1. The highest BCUT2D eigenvalue weighted by atomic mass is 16.3. The summed E-state index contributed by atoms with van der Waals surface area (Å²) in [6.45, 7) is 2.03. The molecule has 0 atom stereocenters. The molecule has 0 radical (unpaired) electrons. The zero-order chi connectivity index (χ0) is 12.7. The van der Waals surface area contributed by atoms with Gasteiger partial charge in [-0.15, -0.1) is 0 Å². The predicted molar refractivity (Wildman–Crippen MR) is 74.5 cm³/mol. The SMILES string of the molecule is Cc1ccc(N)c2cc(-c3ccccc3O)[nH]c12. The maximum atomic E-state index is 9.88. The number of aromatic nitrogens is 1. The molecule has 3 aromatic rings. The molecule has 0 aliphatic heterocycles. The number of H-pyrrole nitrogens is 1. The summed E-state index contributed by atoms with van der Waals surface area (Å²) in [6, 6.07) is 13.1. The topological polar surface area (TPSA) is 62.0 Å². The summed E-state index contributed by atoms with van der Waals surface area (Å²) in [6.07, 6.45) is 0. The number of para-hydroxylation sites is 1. The molecule has 3 heteroatoms. The number of aryl methyl sites for hydroxylation is 1. The van der Waals surface area contributed by atoms with Crippen LogP contribution in [0.15, 0.2) is 42.5 Å². The van der Waals surface area contributed by atoms with Crippen LogP contribution in [0.5, 0.6) is 5.75 Å². The molecule has 0 aliphatic rings. The van der Waals surface area contributed by atoms with Gasteiger partial charge < -0.3 is 15.8 Å². The zero-order valence-electron chi connectivity index (χ0n) is 10.1. The van der Waals surface area contributed by atoms with Gasteiger partial charge in [-0.05, 0) is 36.8 Å². The molecule has 3 rings (SSSR count). The van der Waals surface area contributed by atoms with Gasteiger partial charge in [0.1, 0.15) is 5.75 Å². The highest BCUT2D eigenvalue weighted by Gasteiger charge is 2.10. The highest BCUT2D eigenvalue weighted by Crippen LogP contribution is 2.33. The van der Waals surface area contributed by atoms with Crippen LogP contribution in [-0.4, -0.2) is 10.1 Å². The number of nitrogens with one attached hydrogen (secondary N) is 1. The van der Waals surface area contributed by atoms with E-state index < -0.39 is 0 Å². The lowest BCUT2D eigenvalue weighted by Gasteiger charge is -2.00. The van der Waals surface area contributed by atoms with Crippen molar-refractivity contribution in [3.8, 4) is 17.0 Å². The van der Waals surface area contributed by atoms with E-state index in [2.05, 4.69) is 4.98 Å². The lowest BCUT2D eigenvalue weighted by molar-refractivity contribution is 0.477. The van der Waals surface area contributed by atoms with Crippen LogP contribution in [0.3, 0.4) is 0 Å². The van der Waals surface area contributed by atoms with Gasteiger partial charge in [0.2, 0.25) is 0 Å². The number of phenolic OH excluding ortho intramolecular Hbond substituents is 1.